The van der Waals surface area contributed by atoms with Crippen molar-refractivity contribution >= 4 is 10.0 Å². The Morgan fingerprint density at radius 1 is 1.23 bits per heavy atom. The van der Waals surface area contributed by atoms with Crippen LogP contribution in [0.5, 0.6) is 0 Å². The summed E-state index contributed by atoms with van der Waals surface area (Å²) in [4.78, 5) is 3.13. The predicted molar refractivity (Wildman–Crippen MR) is 87.1 cm³/mol. The second kappa shape index (κ2) is 6.56. The SMILES string of the molecule is Cc1ncccc1-c1noc(CO)c1-c1cc(F)c(S(N)(=O)=O)cc1F. The molecule has 0 amide bonds. The second-order valence-corrected chi connectivity index (χ2v) is 6.96. The summed E-state index contributed by atoms with van der Waals surface area (Å²) in [6, 6.07) is 4.43. The first-order valence-electron chi connectivity index (χ1n) is 7.27. The fourth-order valence-electron chi connectivity index (χ4n) is 2.57. The lowest BCUT2D eigenvalue weighted by Crippen LogP contribution is -2.14. The highest BCUT2D eigenvalue weighted by Gasteiger charge is 2.26. The maximum atomic E-state index is 14.6. The van der Waals surface area contributed by atoms with Gasteiger partial charge in [-0.2, -0.15) is 0 Å². The van der Waals surface area contributed by atoms with E-state index >= 15 is 0 Å². The van der Waals surface area contributed by atoms with Crippen LogP contribution < -0.4 is 5.14 Å². The van der Waals surface area contributed by atoms with Gasteiger partial charge < -0.3 is 9.63 Å². The first-order chi connectivity index (χ1) is 12.2. The van der Waals surface area contributed by atoms with E-state index in [0.717, 1.165) is 0 Å². The molecule has 10 heteroatoms. The van der Waals surface area contributed by atoms with Gasteiger partial charge in [-0.05, 0) is 31.2 Å². The van der Waals surface area contributed by atoms with E-state index in [1.807, 2.05) is 0 Å². The summed E-state index contributed by atoms with van der Waals surface area (Å²) in [6.45, 7) is 1.06. The highest BCUT2D eigenvalue weighted by molar-refractivity contribution is 7.89. The fourth-order valence-corrected chi connectivity index (χ4v) is 3.16. The van der Waals surface area contributed by atoms with E-state index in [4.69, 9.17) is 9.66 Å². The minimum absolute atomic E-state index is 0.000898. The Kier molecular flexibility index (Phi) is 4.57. The van der Waals surface area contributed by atoms with Crippen LogP contribution in [-0.4, -0.2) is 23.7 Å². The average Bonchev–Trinajstić information content (AvgIpc) is 2.99. The summed E-state index contributed by atoms with van der Waals surface area (Å²) in [6.07, 6.45) is 1.55. The maximum absolute atomic E-state index is 14.6. The number of aliphatic hydroxyl groups is 1. The Labute approximate surface area is 147 Å². The molecule has 0 radical (unpaired) electrons. The van der Waals surface area contributed by atoms with Gasteiger partial charge >= 0.3 is 0 Å². The lowest BCUT2D eigenvalue weighted by atomic mass is 9.98. The topological polar surface area (TPSA) is 119 Å². The minimum Gasteiger partial charge on any atom is -0.388 e. The lowest BCUT2D eigenvalue weighted by molar-refractivity contribution is 0.230. The Bertz CT molecular complexity index is 1100. The summed E-state index contributed by atoms with van der Waals surface area (Å²) in [5.74, 6) is -2.40. The number of primary sulfonamides is 1. The molecule has 3 aromatic rings. The zero-order chi connectivity index (χ0) is 19.1. The number of nitrogens with two attached hydrogens (primary N) is 1. The van der Waals surface area contributed by atoms with Crippen LogP contribution in [0.2, 0.25) is 0 Å². The Balaban J connectivity index is 2.30. The number of halogens is 2. The summed E-state index contributed by atoms with van der Waals surface area (Å²) in [5, 5.41) is 18.2. The fraction of sp³-hybridized carbons (Fsp3) is 0.125. The van der Waals surface area contributed by atoms with Gasteiger partial charge in [-0.15, -0.1) is 0 Å². The van der Waals surface area contributed by atoms with E-state index in [0.29, 0.717) is 23.4 Å². The molecule has 0 aliphatic heterocycles. The van der Waals surface area contributed by atoms with Crippen LogP contribution in [0, 0.1) is 18.6 Å². The van der Waals surface area contributed by atoms with Gasteiger partial charge in [-0.3, -0.25) is 4.98 Å². The van der Waals surface area contributed by atoms with Gasteiger partial charge in [-0.1, -0.05) is 5.16 Å². The van der Waals surface area contributed by atoms with Crippen molar-refractivity contribution in [1.29, 1.82) is 0 Å². The predicted octanol–water partition coefficient (Wildman–Crippen LogP) is 2.13. The summed E-state index contributed by atoms with van der Waals surface area (Å²) >= 11 is 0. The molecule has 2 heterocycles. The van der Waals surface area contributed by atoms with Crippen LogP contribution >= 0.6 is 0 Å². The number of pyridine rings is 1. The molecule has 0 spiro atoms. The van der Waals surface area contributed by atoms with Gasteiger partial charge in [0.2, 0.25) is 10.0 Å². The van der Waals surface area contributed by atoms with Crippen molar-refractivity contribution in [1.82, 2.24) is 10.1 Å². The monoisotopic (exact) mass is 381 g/mol. The average molecular weight is 381 g/mol. The molecule has 0 aliphatic rings. The van der Waals surface area contributed by atoms with E-state index in [1.54, 1.807) is 25.3 Å². The van der Waals surface area contributed by atoms with Crippen LogP contribution in [-0.2, 0) is 16.6 Å². The van der Waals surface area contributed by atoms with Crippen LogP contribution in [0.15, 0.2) is 39.9 Å². The van der Waals surface area contributed by atoms with Crippen LogP contribution in [0.4, 0.5) is 8.78 Å². The second-order valence-electron chi connectivity index (χ2n) is 5.43. The third-order valence-electron chi connectivity index (χ3n) is 3.77. The molecule has 0 aliphatic carbocycles. The van der Waals surface area contributed by atoms with Crippen molar-refractivity contribution in [2.24, 2.45) is 5.14 Å². The van der Waals surface area contributed by atoms with Gasteiger partial charge in [0, 0.05) is 23.0 Å². The van der Waals surface area contributed by atoms with E-state index in [1.165, 1.54) is 0 Å². The molecule has 2 aromatic heterocycles. The van der Waals surface area contributed by atoms with Gasteiger partial charge in [0.15, 0.2) is 5.76 Å². The first kappa shape index (κ1) is 18.1. The number of rotatable bonds is 4. The third kappa shape index (κ3) is 3.09. The van der Waals surface area contributed by atoms with Gasteiger partial charge in [0.25, 0.3) is 0 Å². The molecule has 1 aromatic carbocycles. The molecule has 0 saturated carbocycles. The normalized spacial score (nSPS) is 11.7. The zero-order valence-corrected chi connectivity index (χ0v) is 14.2. The number of aryl methyl sites for hydroxylation is 1. The molecule has 0 saturated heterocycles. The molecule has 3 rings (SSSR count). The van der Waals surface area contributed by atoms with Crippen molar-refractivity contribution in [2.75, 3.05) is 0 Å². The van der Waals surface area contributed by atoms with Crippen LogP contribution in [0.25, 0.3) is 22.4 Å². The van der Waals surface area contributed by atoms with Crippen LogP contribution in [0.3, 0.4) is 0 Å². The van der Waals surface area contributed by atoms with E-state index < -0.39 is 33.2 Å². The molecular weight excluding hydrogens is 368 g/mol. The number of benzene rings is 1. The molecular formula is C16H13F2N3O4S. The van der Waals surface area contributed by atoms with Gasteiger partial charge in [0.05, 0.1) is 5.56 Å². The number of aromatic nitrogens is 2. The molecule has 3 N–H and O–H groups in total. The van der Waals surface area contributed by atoms with Crippen molar-refractivity contribution in [3.63, 3.8) is 0 Å². The van der Waals surface area contributed by atoms with E-state index in [-0.39, 0.29) is 22.6 Å². The first-order valence-corrected chi connectivity index (χ1v) is 8.82. The van der Waals surface area contributed by atoms with Crippen LogP contribution in [0.1, 0.15) is 11.5 Å². The number of hydrogen-bond acceptors (Lipinski definition) is 6. The number of sulfonamides is 1. The third-order valence-corrected chi connectivity index (χ3v) is 4.69. The molecule has 7 nitrogen and oxygen atoms in total. The lowest BCUT2D eigenvalue weighted by Gasteiger charge is -2.09. The Morgan fingerprint density at radius 3 is 2.58 bits per heavy atom. The van der Waals surface area contributed by atoms with Crippen molar-refractivity contribution in [3.8, 4) is 22.4 Å². The van der Waals surface area contributed by atoms with Crippen molar-refractivity contribution in [3.05, 3.63) is 53.6 Å². The zero-order valence-electron chi connectivity index (χ0n) is 13.4. The quantitative estimate of drug-likeness (QED) is 0.714. The maximum Gasteiger partial charge on any atom is 0.241 e. The molecule has 0 fully saturated rings. The Morgan fingerprint density at radius 2 is 1.96 bits per heavy atom. The standard InChI is InChI=1S/C16H13F2N3O4S/c1-8-9(3-2-4-20-8)16-15(13(7-22)25-21-16)10-5-12(18)14(6-11(10)17)26(19,23)24/h2-6,22H,7H2,1H3,(H2,19,23,24). The highest BCUT2D eigenvalue weighted by atomic mass is 32.2. The molecule has 136 valence electrons. The largest absolute Gasteiger partial charge is 0.388 e. The summed E-state index contributed by atoms with van der Waals surface area (Å²) < 4.78 is 56.5. The number of aliphatic hydroxyl groups excluding tert-OH is 1. The van der Waals surface area contributed by atoms with Crippen molar-refractivity contribution in [2.45, 2.75) is 18.4 Å². The molecule has 26 heavy (non-hydrogen) atoms. The highest BCUT2D eigenvalue weighted by Crippen LogP contribution is 2.38. The smallest absolute Gasteiger partial charge is 0.241 e. The van der Waals surface area contributed by atoms with Gasteiger partial charge in [-0.25, -0.2) is 22.3 Å². The van der Waals surface area contributed by atoms with Gasteiger partial charge in [0.1, 0.15) is 28.8 Å². The molecule has 0 atom stereocenters. The number of nitrogens with zero attached hydrogens (tertiary/aromatic N) is 2. The summed E-state index contributed by atoms with van der Waals surface area (Å²) in [7, 11) is -4.44. The summed E-state index contributed by atoms with van der Waals surface area (Å²) in [5.41, 5.74) is 0.857. The van der Waals surface area contributed by atoms with E-state index in [2.05, 4.69) is 10.1 Å². The number of hydrogen-bond donors (Lipinski definition) is 2. The van der Waals surface area contributed by atoms with Crippen molar-refractivity contribution < 1.29 is 26.8 Å². The Hall–Kier alpha value is -2.69. The van der Waals surface area contributed by atoms with E-state index in [9.17, 15) is 22.3 Å². The minimum atomic E-state index is -4.44. The molecule has 0 unspecified atom stereocenters. The molecule has 0 bridgehead atoms.